The number of aliphatic carboxylic acids is 1. The Morgan fingerprint density at radius 1 is 1.03 bits per heavy atom. The number of nitrogens with one attached hydrogen (secondary N) is 1. The fourth-order valence-electron chi connectivity index (χ4n) is 4.86. The smallest absolute Gasteiger partial charge is 0.414 e. The molecule has 1 aliphatic carbocycles. The Kier molecular flexibility index (Phi) is 8.71. The minimum atomic E-state index is -4.61. The van der Waals surface area contributed by atoms with E-state index in [9.17, 15) is 27.9 Å². The molecule has 7 nitrogen and oxygen atoms in total. The van der Waals surface area contributed by atoms with Gasteiger partial charge in [0.25, 0.3) is 0 Å². The lowest BCUT2D eigenvalue weighted by atomic mass is 9.98. The number of halogens is 3. The molecule has 1 heterocycles. The number of carbonyl (C=O) groups excluding carboxylic acids is 1. The highest BCUT2D eigenvalue weighted by atomic mass is 19.4. The Morgan fingerprint density at radius 2 is 1.68 bits per heavy atom. The van der Waals surface area contributed by atoms with Crippen molar-refractivity contribution in [3.05, 3.63) is 59.7 Å². The van der Waals surface area contributed by atoms with Crippen LogP contribution in [0.1, 0.15) is 55.6 Å². The molecule has 2 aromatic rings. The number of alkyl carbamates (subject to hydrolysis) is 1. The predicted octanol–water partition coefficient (Wildman–Crippen LogP) is 5.62. The lowest BCUT2D eigenvalue weighted by Gasteiger charge is -2.29. The van der Waals surface area contributed by atoms with Crippen molar-refractivity contribution >= 4 is 12.1 Å². The zero-order chi connectivity index (χ0) is 26.4. The minimum Gasteiger partial charge on any atom is -0.480 e. The van der Waals surface area contributed by atoms with Crippen molar-refractivity contribution in [2.75, 3.05) is 13.2 Å². The molecular formula is C27H30F3NO6. The van der Waals surface area contributed by atoms with E-state index in [-0.39, 0.29) is 25.4 Å². The molecule has 0 bridgehead atoms. The molecule has 0 radical (unpaired) electrons. The molecule has 10 heteroatoms. The number of alkyl halides is 3. The van der Waals surface area contributed by atoms with E-state index >= 15 is 0 Å². The van der Waals surface area contributed by atoms with Crippen molar-refractivity contribution in [3.63, 3.8) is 0 Å². The first-order valence-electron chi connectivity index (χ1n) is 12.4. The van der Waals surface area contributed by atoms with Gasteiger partial charge in [-0.2, -0.15) is 13.2 Å². The number of ether oxygens (including phenoxy) is 3. The zero-order valence-electron chi connectivity index (χ0n) is 20.2. The second-order valence-electron chi connectivity index (χ2n) is 9.25. The molecule has 0 aromatic heterocycles. The molecule has 1 aliphatic heterocycles. The van der Waals surface area contributed by atoms with Crippen LogP contribution in [0.3, 0.4) is 0 Å². The summed E-state index contributed by atoms with van der Waals surface area (Å²) in [5.74, 6) is -1.55. The lowest BCUT2D eigenvalue weighted by molar-refractivity contribution is -0.279. The molecule has 37 heavy (non-hydrogen) atoms. The standard InChI is InChI=1S/C27H30F3NO6/c28-27(29,30)23(37-24-14-5-6-15-35-24)13-7-12-22(25(32)33)31-26(34)36-16-21-19-10-3-1-8-17(19)18-9-2-4-11-20(18)21/h1-4,8-11,21-24H,5-7,12-16H2,(H,31,34)(H,32,33)/t22-,23?,24?/m0/s1. The molecule has 200 valence electrons. The lowest BCUT2D eigenvalue weighted by Crippen LogP contribution is -2.42. The van der Waals surface area contributed by atoms with E-state index in [2.05, 4.69) is 5.32 Å². The van der Waals surface area contributed by atoms with Crippen LogP contribution in [0, 0.1) is 0 Å². The highest BCUT2D eigenvalue weighted by Crippen LogP contribution is 2.44. The zero-order valence-corrected chi connectivity index (χ0v) is 20.2. The minimum absolute atomic E-state index is 0.00241. The molecule has 4 rings (SSSR count). The number of rotatable bonds is 10. The molecule has 1 saturated heterocycles. The van der Waals surface area contributed by atoms with Crippen LogP contribution < -0.4 is 5.32 Å². The summed E-state index contributed by atoms with van der Waals surface area (Å²) >= 11 is 0. The third-order valence-corrected chi connectivity index (χ3v) is 6.71. The van der Waals surface area contributed by atoms with Gasteiger partial charge in [0, 0.05) is 12.5 Å². The molecule has 2 aliphatic rings. The number of hydrogen-bond donors (Lipinski definition) is 2. The monoisotopic (exact) mass is 521 g/mol. The van der Waals surface area contributed by atoms with Crippen LogP contribution in [-0.4, -0.2) is 55.0 Å². The van der Waals surface area contributed by atoms with Crippen molar-refractivity contribution in [2.45, 2.75) is 69.1 Å². The molecule has 1 amide bonds. The Hall–Kier alpha value is -3.11. The molecule has 2 unspecified atom stereocenters. The number of carbonyl (C=O) groups is 2. The molecular weight excluding hydrogens is 491 g/mol. The summed E-state index contributed by atoms with van der Waals surface area (Å²) in [6.07, 6.45) is -7.44. The molecule has 3 atom stereocenters. The van der Waals surface area contributed by atoms with Gasteiger partial charge in [-0.1, -0.05) is 48.5 Å². The van der Waals surface area contributed by atoms with Gasteiger partial charge in [0.05, 0.1) is 0 Å². The SMILES string of the molecule is O=C(N[C@@H](CCCC(OC1CCCCO1)C(F)(F)F)C(=O)O)OCC1c2ccccc2-c2ccccc21. The first-order valence-corrected chi connectivity index (χ1v) is 12.4. The third-order valence-electron chi connectivity index (χ3n) is 6.71. The molecule has 1 fully saturated rings. The van der Waals surface area contributed by atoms with Crippen LogP contribution in [-0.2, 0) is 19.0 Å². The van der Waals surface area contributed by atoms with Gasteiger partial charge < -0.3 is 24.6 Å². The summed E-state index contributed by atoms with van der Waals surface area (Å²) in [6, 6.07) is 14.2. The van der Waals surface area contributed by atoms with E-state index in [1.54, 1.807) is 0 Å². The van der Waals surface area contributed by atoms with Gasteiger partial charge in [-0.15, -0.1) is 0 Å². The fourth-order valence-corrected chi connectivity index (χ4v) is 4.86. The summed E-state index contributed by atoms with van der Waals surface area (Å²) < 4.78 is 56.1. The van der Waals surface area contributed by atoms with Gasteiger partial charge in [-0.3, -0.25) is 0 Å². The third kappa shape index (κ3) is 6.81. The van der Waals surface area contributed by atoms with E-state index < -0.39 is 43.1 Å². The number of carboxylic acids is 1. The van der Waals surface area contributed by atoms with Crippen molar-refractivity contribution in [1.29, 1.82) is 0 Å². The molecule has 2 aromatic carbocycles. The van der Waals surface area contributed by atoms with E-state index in [1.807, 2.05) is 48.5 Å². The van der Waals surface area contributed by atoms with Crippen LogP contribution in [0.4, 0.5) is 18.0 Å². The van der Waals surface area contributed by atoms with Crippen LogP contribution in [0.2, 0.25) is 0 Å². The normalized spacial score (nSPS) is 18.9. The number of benzene rings is 2. The van der Waals surface area contributed by atoms with Gasteiger partial charge in [-0.05, 0) is 60.8 Å². The van der Waals surface area contributed by atoms with E-state index in [0.717, 1.165) is 35.1 Å². The van der Waals surface area contributed by atoms with Crippen molar-refractivity contribution < 1.29 is 42.1 Å². The molecule has 2 N–H and O–H groups in total. The van der Waals surface area contributed by atoms with Crippen molar-refractivity contribution in [1.82, 2.24) is 5.32 Å². The van der Waals surface area contributed by atoms with Gasteiger partial charge in [0.2, 0.25) is 0 Å². The van der Waals surface area contributed by atoms with Gasteiger partial charge >= 0.3 is 18.2 Å². The number of amides is 1. The summed E-state index contributed by atoms with van der Waals surface area (Å²) in [4.78, 5) is 24.1. The van der Waals surface area contributed by atoms with E-state index in [0.29, 0.717) is 13.0 Å². The number of hydrogen-bond acceptors (Lipinski definition) is 5. The Labute approximate surface area is 212 Å². The average Bonchev–Trinajstić information content (AvgIpc) is 3.20. The highest BCUT2D eigenvalue weighted by Gasteiger charge is 2.42. The largest absolute Gasteiger partial charge is 0.480 e. The quantitative estimate of drug-likeness (QED) is 0.421. The van der Waals surface area contributed by atoms with Crippen LogP contribution in [0.25, 0.3) is 11.1 Å². The van der Waals surface area contributed by atoms with Gasteiger partial charge in [0.1, 0.15) is 12.6 Å². The van der Waals surface area contributed by atoms with E-state index in [1.165, 1.54) is 0 Å². The predicted molar refractivity (Wildman–Crippen MR) is 128 cm³/mol. The van der Waals surface area contributed by atoms with E-state index in [4.69, 9.17) is 14.2 Å². The van der Waals surface area contributed by atoms with Crippen LogP contribution >= 0.6 is 0 Å². The maximum absolute atomic E-state index is 13.4. The maximum Gasteiger partial charge on any atom is 0.414 e. The first-order chi connectivity index (χ1) is 17.7. The van der Waals surface area contributed by atoms with Crippen molar-refractivity contribution in [2.24, 2.45) is 0 Å². The van der Waals surface area contributed by atoms with Gasteiger partial charge in [0.15, 0.2) is 12.4 Å². The maximum atomic E-state index is 13.4. The second-order valence-corrected chi connectivity index (χ2v) is 9.25. The Balaban J connectivity index is 1.30. The number of carboxylic acid groups (broad SMARTS) is 1. The first kappa shape index (κ1) is 26.9. The summed E-state index contributed by atoms with van der Waals surface area (Å²) in [6.45, 7) is 0.345. The molecule has 0 spiro atoms. The summed E-state index contributed by atoms with van der Waals surface area (Å²) in [7, 11) is 0. The molecule has 0 saturated carbocycles. The average molecular weight is 522 g/mol. The van der Waals surface area contributed by atoms with Crippen LogP contribution in [0.5, 0.6) is 0 Å². The summed E-state index contributed by atoms with van der Waals surface area (Å²) in [5.41, 5.74) is 4.11. The number of fused-ring (bicyclic) bond motifs is 3. The topological polar surface area (TPSA) is 94.1 Å². The fraction of sp³-hybridized carbons (Fsp3) is 0.481. The van der Waals surface area contributed by atoms with Gasteiger partial charge in [-0.25, -0.2) is 9.59 Å². The highest BCUT2D eigenvalue weighted by molar-refractivity contribution is 5.81. The van der Waals surface area contributed by atoms with Crippen LogP contribution in [0.15, 0.2) is 48.5 Å². The second kappa shape index (κ2) is 12.0. The Bertz CT molecular complexity index is 1040. The summed E-state index contributed by atoms with van der Waals surface area (Å²) in [5, 5.41) is 11.8. The van der Waals surface area contributed by atoms with Crippen molar-refractivity contribution in [3.8, 4) is 11.1 Å². The Morgan fingerprint density at radius 3 is 2.24 bits per heavy atom.